The van der Waals surface area contributed by atoms with Crippen LogP contribution in [0.5, 0.6) is 0 Å². The third-order valence-electron chi connectivity index (χ3n) is 6.85. The van der Waals surface area contributed by atoms with Crippen LogP contribution in [-0.4, -0.2) is 78.4 Å². The molecule has 0 aromatic heterocycles. The molecule has 2 unspecified atom stereocenters. The molecule has 0 radical (unpaired) electrons. The number of anilines is 1. The highest BCUT2D eigenvalue weighted by molar-refractivity contribution is 7.89. The second-order valence-corrected chi connectivity index (χ2v) is 13.1. The monoisotopic (exact) mass is 506 g/mol. The van der Waals surface area contributed by atoms with Gasteiger partial charge >= 0.3 is 0 Å². The van der Waals surface area contributed by atoms with Gasteiger partial charge in [-0.1, -0.05) is 31.0 Å². The molecular formula is C24H34N4O4S2. The highest BCUT2D eigenvalue weighted by atomic mass is 32.2. The van der Waals surface area contributed by atoms with Gasteiger partial charge in [0.2, 0.25) is 20.0 Å². The number of nitrogens with one attached hydrogen (secondary N) is 1. The van der Waals surface area contributed by atoms with E-state index < -0.39 is 20.0 Å². The molecule has 1 aliphatic carbocycles. The summed E-state index contributed by atoms with van der Waals surface area (Å²) < 4.78 is 55.0. The van der Waals surface area contributed by atoms with Crippen molar-refractivity contribution in [3.8, 4) is 0 Å². The van der Waals surface area contributed by atoms with Crippen LogP contribution in [0.3, 0.4) is 0 Å². The van der Waals surface area contributed by atoms with Crippen molar-refractivity contribution in [3.63, 3.8) is 0 Å². The number of sulfonamides is 2. The zero-order valence-electron chi connectivity index (χ0n) is 19.8. The van der Waals surface area contributed by atoms with Crippen LogP contribution in [0.2, 0.25) is 0 Å². The molecule has 0 spiro atoms. The lowest BCUT2D eigenvalue weighted by atomic mass is 9.89. The molecule has 1 N–H and O–H groups in total. The molecular weight excluding hydrogens is 472 g/mol. The van der Waals surface area contributed by atoms with E-state index in [9.17, 15) is 16.8 Å². The molecule has 1 heterocycles. The largest absolute Gasteiger partial charge is 0.369 e. The first-order chi connectivity index (χ1) is 16.2. The van der Waals surface area contributed by atoms with Gasteiger partial charge in [0.1, 0.15) is 0 Å². The predicted octanol–water partition coefficient (Wildman–Crippen LogP) is 2.35. The first kappa shape index (κ1) is 25.1. The Morgan fingerprint density at radius 2 is 1.38 bits per heavy atom. The summed E-state index contributed by atoms with van der Waals surface area (Å²) in [4.78, 5) is 4.96. The van der Waals surface area contributed by atoms with E-state index in [2.05, 4.69) is 38.8 Å². The molecule has 1 saturated heterocycles. The summed E-state index contributed by atoms with van der Waals surface area (Å²) in [5, 5.41) is 0. The maximum absolute atomic E-state index is 13.2. The van der Waals surface area contributed by atoms with Crippen molar-refractivity contribution in [3.05, 3.63) is 54.6 Å². The summed E-state index contributed by atoms with van der Waals surface area (Å²) >= 11 is 0. The number of para-hydroxylation sites is 1. The summed E-state index contributed by atoms with van der Waals surface area (Å²) in [6.45, 7) is 3.63. The lowest BCUT2D eigenvalue weighted by Gasteiger charge is -2.44. The van der Waals surface area contributed by atoms with Gasteiger partial charge in [0, 0.05) is 58.0 Å². The van der Waals surface area contributed by atoms with Crippen LogP contribution in [0.4, 0.5) is 5.69 Å². The Labute approximate surface area is 203 Å². The standard InChI is InChI=1S/C24H34N4O4S2/c1-26(2)34(31,32)22-14-12-21(13-15-22)33(29,30)25-23-10-6-7-11-24(23)28-18-16-27(17-19-28)20-8-4-3-5-9-20/h3-5,8-9,12-15,23-25H,6-7,10-11,16-19H2,1-2H3. The molecule has 10 heteroatoms. The molecule has 2 aromatic carbocycles. The van der Waals surface area contributed by atoms with Crippen LogP contribution in [0.25, 0.3) is 0 Å². The van der Waals surface area contributed by atoms with Gasteiger partial charge in [-0.05, 0) is 49.2 Å². The van der Waals surface area contributed by atoms with Gasteiger partial charge in [-0.15, -0.1) is 0 Å². The van der Waals surface area contributed by atoms with Crippen molar-refractivity contribution in [2.24, 2.45) is 0 Å². The average Bonchev–Trinajstić information content (AvgIpc) is 2.85. The zero-order valence-corrected chi connectivity index (χ0v) is 21.4. The van der Waals surface area contributed by atoms with Crippen molar-refractivity contribution < 1.29 is 16.8 Å². The molecule has 8 nitrogen and oxygen atoms in total. The fourth-order valence-corrected chi connectivity index (χ4v) is 7.11. The number of hydrogen-bond acceptors (Lipinski definition) is 6. The van der Waals surface area contributed by atoms with E-state index >= 15 is 0 Å². The zero-order chi connectivity index (χ0) is 24.3. The third kappa shape index (κ3) is 5.46. The highest BCUT2D eigenvalue weighted by Crippen LogP contribution is 2.27. The minimum atomic E-state index is -3.76. The summed E-state index contributed by atoms with van der Waals surface area (Å²) in [5.41, 5.74) is 1.22. The molecule has 2 fully saturated rings. The van der Waals surface area contributed by atoms with Gasteiger partial charge in [0.15, 0.2) is 0 Å². The molecule has 1 saturated carbocycles. The predicted molar refractivity (Wildman–Crippen MR) is 134 cm³/mol. The van der Waals surface area contributed by atoms with Crippen LogP contribution in [0.1, 0.15) is 25.7 Å². The van der Waals surface area contributed by atoms with E-state index in [4.69, 9.17) is 0 Å². The fourth-order valence-electron chi connectivity index (χ4n) is 4.91. The minimum Gasteiger partial charge on any atom is -0.369 e. The van der Waals surface area contributed by atoms with Crippen LogP contribution in [0, 0.1) is 0 Å². The number of hydrogen-bond donors (Lipinski definition) is 1. The van der Waals surface area contributed by atoms with Gasteiger partial charge in [0.05, 0.1) is 9.79 Å². The van der Waals surface area contributed by atoms with E-state index in [-0.39, 0.29) is 21.9 Å². The van der Waals surface area contributed by atoms with E-state index in [0.29, 0.717) is 0 Å². The summed E-state index contributed by atoms with van der Waals surface area (Å²) in [7, 11) is -4.47. The Morgan fingerprint density at radius 3 is 2.00 bits per heavy atom. The molecule has 4 rings (SSSR count). The Hall–Kier alpha value is -1.98. The Kier molecular flexibility index (Phi) is 7.63. The Morgan fingerprint density at radius 1 is 0.794 bits per heavy atom. The fraction of sp³-hybridized carbons (Fsp3) is 0.500. The Bertz CT molecular complexity index is 1160. The van der Waals surface area contributed by atoms with E-state index in [1.54, 1.807) is 0 Å². The first-order valence-electron chi connectivity index (χ1n) is 11.8. The van der Waals surface area contributed by atoms with Crippen molar-refractivity contribution in [2.45, 2.75) is 47.6 Å². The first-order valence-corrected chi connectivity index (χ1v) is 14.7. The van der Waals surface area contributed by atoms with Crippen molar-refractivity contribution in [2.75, 3.05) is 45.2 Å². The molecule has 2 aromatic rings. The Balaban J connectivity index is 1.43. The molecule has 2 aliphatic rings. The van der Waals surface area contributed by atoms with Gasteiger partial charge in [-0.3, -0.25) is 4.90 Å². The molecule has 0 bridgehead atoms. The molecule has 0 amide bonds. The summed E-state index contributed by atoms with van der Waals surface area (Å²) in [6, 6.07) is 15.8. The van der Waals surface area contributed by atoms with Gasteiger partial charge < -0.3 is 4.90 Å². The quantitative estimate of drug-likeness (QED) is 0.620. The normalized spacial score (nSPS) is 22.7. The van der Waals surface area contributed by atoms with Crippen LogP contribution < -0.4 is 9.62 Å². The molecule has 186 valence electrons. The smallest absolute Gasteiger partial charge is 0.242 e. The SMILES string of the molecule is CN(C)S(=O)(=O)c1ccc(S(=O)(=O)NC2CCCCC2N2CCN(c3ccccc3)CC2)cc1. The maximum Gasteiger partial charge on any atom is 0.242 e. The molecule has 34 heavy (non-hydrogen) atoms. The van der Waals surface area contributed by atoms with Crippen LogP contribution >= 0.6 is 0 Å². The van der Waals surface area contributed by atoms with Gasteiger partial charge in [-0.25, -0.2) is 25.9 Å². The van der Waals surface area contributed by atoms with Gasteiger partial charge in [-0.2, -0.15) is 0 Å². The van der Waals surface area contributed by atoms with Crippen molar-refractivity contribution >= 4 is 25.7 Å². The number of nitrogens with zero attached hydrogens (tertiary/aromatic N) is 3. The number of rotatable bonds is 7. The third-order valence-corrected chi connectivity index (χ3v) is 10.2. The van der Waals surface area contributed by atoms with E-state index in [1.165, 1.54) is 44.0 Å². The topological polar surface area (TPSA) is 90.0 Å². The van der Waals surface area contributed by atoms with Crippen molar-refractivity contribution in [1.82, 2.24) is 13.9 Å². The second-order valence-electron chi connectivity index (χ2n) is 9.20. The average molecular weight is 507 g/mol. The lowest BCUT2D eigenvalue weighted by Crippen LogP contribution is -2.58. The lowest BCUT2D eigenvalue weighted by molar-refractivity contribution is 0.124. The highest BCUT2D eigenvalue weighted by Gasteiger charge is 2.35. The summed E-state index contributed by atoms with van der Waals surface area (Å²) in [5.74, 6) is 0. The van der Waals surface area contributed by atoms with E-state index in [1.807, 2.05) is 6.07 Å². The van der Waals surface area contributed by atoms with Crippen molar-refractivity contribution in [1.29, 1.82) is 0 Å². The molecule has 2 atom stereocenters. The maximum atomic E-state index is 13.2. The van der Waals surface area contributed by atoms with Crippen LogP contribution in [-0.2, 0) is 20.0 Å². The minimum absolute atomic E-state index is 0.0725. The molecule has 1 aliphatic heterocycles. The number of piperazine rings is 1. The van der Waals surface area contributed by atoms with Crippen LogP contribution in [0.15, 0.2) is 64.4 Å². The number of benzene rings is 2. The van der Waals surface area contributed by atoms with E-state index in [0.717, 1.165) is 56.2 Å². The second kappa shape index (κ2) is 10.3. The van der Waals surface area contributed by atoms with Gasteiger partial charge in [0.25, 0.3) is 0 Å². The summed E-state index contributed by atoms with van der Waals surface area (Å²) in [6.07, 6.45) is 3.86.